The molecule has 0 aromatic carbocycles. The molecule has 0 aliphatic carbocycles. The first-order valence-electron chi connectivity index (χ1n) is 15.2. The van der Waals surface area contributed by atoms with Gasteiger partial charge in [0.05, 0.1) is 12.2 Å². The van der Waals surface area contributed by atoms with E-state index in [0.29, 0.717) is 13.1 Å². The number of nitrogens with two attached hydrogens (primary N) is 2. The van der Waals surface area contributed by atoms with E-state index in [4.69, 9.17) is 11.5 Å². The van der Waals surface area contributed by atoms with Gasteiger partial charge >= 0.3 is 0 Å². The smallest absolute Gasteiger partial charge is 0.259 e. The number of piperazine rings is 2. The summed E-state index contributed by atoms with van der Waals surface area (Å²) in [6, 6.07) is -0.0510. The molecular formula is C28H51FN9O2+. The topological polar surface area (TPSA) is 135 Å². The Balaban J connectivity index is 1.50. The summed E-state index contributed by atoms with van der Waals surface area (Å²) >= 11 is 0. The number of piperidine rings is 1. The number of fused-ring (bicyclic) bond motifs is 1. The number of alkyl halides is 1. The molecule has 40 heavy (non-hydrogen) atoms. The van der Waals surface area contributed by atoms with Gasteiger partial charge in [-0.05, 0) is 33.2 Å². The van der Waals surface area contributed by atoms with Crippen molar-refractivity contribution in [2.45, 2.75) is 96.0 Å². The zero-order valence-corrected chi connectivity index (χ0v) is 24.8. The van der Waals surface area contributed by atoms with Crippen molar-refractivity contribution < 1.29 is 18.6 Å². The minimum atomic E-state index is -1.20. The maximum absolute atomic E-state index is 14.4. The molecule has 12 heteroatoms. The fourth-order valence-electron chi connectivity index (χ4n) is 6.76. The number of nitrogens with zero attached hydrogens (tertiary/aromatic N) is 5. The highest BCUT2D eigenvalue weighted by Gasteiger charge is 2.46. The predicted octanol–water partition coefficient (Wildman–Crippen LogP) is -0.658. The van der Waals surface area contributed by atoms with Crippen molar-refractivity contribution in [3.63, 3.8) is 0 Å². The number of halogens is 1. The maximum atomic E-state index is 14.4. The van der Waals surface area contributed by atoms with Crippen LogP contribution < -0.4 is 22.1 Å². The highest BCUT2D eigenvalue weighted by atomic mass is 19.1. The largest absolute Gasteiger partial charge is 0.350 e. The van der Waals surface area contributed by atoms with E-state index < -0.39 is 24.4 Å². The molecule has 4 aliphatic heterocycles. The third-order valence-corrected chi connectivity index (χ3v) is 9.10. The van der Waals surface area contributed by atoms with Gasteiger partial charge in [0, 0.05) is 70.9 Å². The summed E-state index contributed by atoms with van der Waals surface area (Å²) in [5.41, 5.74) is 13.4. The molecule has 0 saturated carbocycles. The summed E-state index contributed by atoms with van der Waals surface area (Å²) in [4.78, 5) is 38.3. The number of carbonyl (C=O) groups is 2. The monoisotopic (exact) mass is 564 g/mol. The second-order valence-corrected chi connectivity index (χ2v) is 12.2. The highest BCUT2D eigenvalue weighted by molar-refractivity contribution is 5.83. The summed E-state index contributed by atoms with van der Waals surface area (Å²) in [5, 5.41) is 6.67. The lowest BCUT2D eigenvalue weighted by atomic mass is 9.94. The predicted molar refractivity (Wildman–Crippen MR) is 155 cm³/mol. The van der Waals surface area contributed by atoms with Crippen molar-refractivity contribution in [3.05, 3.63) is 0 Å². The van der Waals surface area contributed by atoms with Gasteiger partial charge in [0.25, 0.3) is 6.17 Å². The molecule has 6 N–H and O–H groups in total. The molecular weight excluding hydrogens is 513 g/mol. The van der Waals surface area contributed by atoms with Crippen molar-refractivity contribution in [1.82, 2.24) is 25.3 Å². The standard InChI is InChI=1S/C28H50FN9O2/c1-5-6-7-19(4)38-16-20(29)14-33-26(38)24(25(30)31)27(39)34-21-15-32-9-8-22(21)36-11-10-35-12-13-37(18(2)3)28(40)23(35)17-36/h14,18,20-26,32H,5-13,15-17,30-31H2,1-4H3/p+1. The number of unbranched alkanes of at least 4 members (excludes halogenated alkanes) is 1. The summed E-state index contributed by atoms with van der Waals surface area (Å²) in [5.74, 6) is -0.898. The highest BCUT2D eigenvalue weighted by Crippen LogP contribution is 2.24. The van der Waals surface area contributed by atoms with E-state index in [9.17, 15) is 14.0 Å². The third-order valence-electron chi connectivity index (χ3n) is 9.10. The fraction of sp³-hybridized carbons (Fsp3) is 0.857. The molecule has 0 aromatic heterocycles. The zero-order valence-electron chi connectivity index (χ0n) is 24.8. The van der Waals surface area contributed by atoms with Crippen LogP contribution in [-0.4, -0.2) is 138 Å². The molecule has 11 nitrogen and oxygen atoms in total. The number of aliphatic imine (C=N–C) groups is 1. The van der Waals surface area contributed by atoms with Crippen molar-refractivity contribution >= 4 is 23.7 Å². The third kappa shape index (κ3) is 6.89. The molecule has 4 rings (SSSR count). The quantitative estimate of drug-likeness (QED) is 0.216. The molecule has 0 bridgehead atoms. The Hall–Kier alpha value is -1.99. The number of carbonyl (C=O) groups excluding carboxylic acids is 2. The van der Waals surface area contributed by atoms with Crippen molar-refractivity contribution in [1.29, 1.82) is 0 Å². The molecule has 0 spiro atoms. The summed E-state index contributed by atoms with van der Waals surface area (Å²) in [6.45, 7) is 13.9. The average molecular weight is 565 g/mol. The van der Waals surface area contributed by atoms with Crippen LogP contribution in [0.25, 0.3) is 0 Å². The molecule has 6 unspecified atom stereocenters. The van der Waals surface area contributed by atoms with Gasteiger partial charge in [-0.3, -0.25) is 19.4 Å². The first-order valence-corrected chi connectivity index (χ1v) is 15.2. The normalized spacial score (nSPS) is 32.4. The van der Waals surface area contributed by atoms with E-state index in [0.717, 1.165) is 64.1 Å². The number of amides is 2. The number of hydrogen-bond acceptors (Lipinski definition) is 8. The molecule has 4 aliphatic rings. The second kappa shape index (κ2) is 13.8. The first-order chi connectivity index (χ1) is 19.1. The van der Waals surface area contributed by atoms with Gasteiger partial charge in [-0.25, -0.2) is 14.0 Å². The molecule has 3 fully saturated rings. The van der Waals surface area contributed by atoms with E-state index in [-0.39, 0.29) is 42.5 Å². The Morgan fingerprint density at radius 3 is 2.67 bits per heavy atom. The fourth-order valence-corrected chi connectivity index (χ4v) is 6.76. The molecule has 0 aromatic rings. The van der Waals surface area contributed by atoms with E-state index in [1.165, 1.54) is 6.21 Å². The van der Waals surface area contributed by atoms with Crippen LogP contribution in [0.3, 0.4) is 0 Å². The SMILES string of the molecule is CCCCC(C)=[N+]1CC(F)C=NC1C(C(=O)NC1CNCCC1N1CCN2CCN(C(C)C)C(=O)C2C1)C(N)N. The van der Waals surface area contributed by atoms with E-state index >= 15 is 0 Å². The number of hydrogen-bond donors (Lipinski definition) is 4. The maximum Gasteiger partial charge on any atom is 0.259 e. The van der Waals surface area contributed by atoms with Crippen LogP contribution in [0, 0.1) is 5.92 Å². The lowest BCUT2D eigenvalue weighted by Gasteiger charge is -2.51. The zero-order chi connectivity index (χ0) is 29.0. The molecule has 2 amide bonds. The minimum absolute atomic E-state index is 0.0864. The molecule has 3 saturated heterocycles. The lowest BCUT2D eigenvalue weighted by molar-refractivity contribution is -0.578. The van der Waals surface area contributed by atoms with Crippen LogP contribution in [0.4, 0.5) is 4.39 Å². The number of nitrogens with one attached hydrogen (secondary N) is 2. The van der Waals surface area contributed by atoms with Crippen LogP contribution in [0.2, 0.25) is 0 Å². The Bertz CT molecular complexity index is 958. The van der Waals surface area contributed by atoms with Gasteiger partial charge in [0.2, 0.25) is 11.8 Å². The van der Waals surface area contributed by atoms with E-state index in [1.54, 1.807) is 0 Å². The lowest BCUT2D eigenvalue weighted by Crippen LogP contribution is -2.70. The van der Waals surface area contributed by atoms with Gasteiger partial charge in [0.15, 0.2) is 18.4 Å². The molecule has 226 valence electrons. The Morgan fingerprint density at radius 2 is 1.98 bits per heavy atom. The Kier molecular flexibility index (Phi) is 10.7. The van der Waals surface area contributed by atoms with Crippen molar-refractivity contribution in [2.24, 2.45) is 22.4 Å². The van der Waals surface area contributed by atoms with Crippen molar-refractivity contribution in [2.75, 3.05) is 52.4 Å². The van der Waals surface area contributed by atoms with Gasteiger partial charge in [-0.15, -0.1) is 0 Å². The molecule has 6 atom stereocenters. The second-order valence-electron chi connectivity index (χ2n) is 12.2. The van der Waals surface area contributed by atoms with Crippen LogP contribution in [-0.2, 0) is 9.59 Å². The number of rotatable bonds is 9. The first kappa shape index (κ1) is 31.0. The van der Waals surface area contributed by atoms with Crippen LogP contribution >= 0.6 is 0 Å². The van der Waals surface area contributed by atoms with Gasteiger partial charge < -0.3 is 27.0 Å². The molecule has 4 heterocycles. The minimum Gasteiger partial charge on any atom is -0.350 e. The van der Waals surface area contributed by atoms with Crippen LogP contribution in [0.1, 0.15) is 53.4 Å². The average Bonchev–Trinajstić information content (AvgIpc) is 2.92. The van der Waals surface area contributed by atoms with Gasteiger partial charge in [0.1, 0.15) is 12.0 Å². The Labute approximate surface area is 238 Å². The van der Waals surface area contributed by atoms with Gasteiger partial charge in [-0.2, -0.15) is 0 Å². The van der Waals surface area contributed by atoms with Crippen LogP contribution in [0.15, 0.2) is 4.99 Å². The van der Waals surface area contributed by atoms with E-state index in [2.05, 4.69) is 46.2 Å². The van der Waals surface area contributed by atoms with E-state index in [1.807, 2.05) is 16.4 Å². The summed E-state index contributed by atoms with van der Waals surface area (Å²) in [7, 11) is 0. The van der Waals surface area contributed by atoms with Gasteiger partial charge in [-0.1, -0.05) is 13.3 Å². The Morgan fingerprint density at radius 1 is 1.25 bits per heavy atom. The summed E-state index contributed by atoms with van der Waals surface area (Å²) < 4.78 is 16.3. The van der Waals surface area contributed by atoms with Crippen LogP contribution in [0.5, 0.6) is 0 Å². The summed E-state index contributed by atoms with van der Waals surface area (Å²) in [6.07, 6.45) is 2.13. The molecule has 0 radical (unpaired) electrons. The van der Waals surface area contributed by atoms with Crippen molar-refractivity contribution in [3.8, 4) is 0 Å².